The van der Waals surface area contributed by atoms with Crippen LogP contribution in [0.25, 0.3) is 0 Å². The number of primary amides is 1. The molecule has 1 atom stereocenters. The molecule has 0 unspecified atom stereocenters. The Morgan fingerprint density at radius 1 is 0.889 bits per heavy atom. The highest BCUT2D eigenvalue weighted by Gasteiger charge is 2.32. The molecule has 0 bridgehead atoms. The molecule has 0 aliphatic heterocycles. The van der Waals surface area contributed by atoms with Crippen LogP contribution >= 0.6 is 0 Å². The van der Waals surface area contributed by atoms with Gasteiger partial charge in [0.05, 0.1) is 0 Å². The van der Waals surface area contributed by atoms with E-state index in [4.69, 9.17) is 5.73 Å². The summed E-state index contributed by atoms with van der Waals surface area (Å²) < 4.78 is 0. The Morgan fingerprint density at radius 3 is 1.67 bits per heavy atom. The molecule has 0 saturated carbocycles. The third-order valence-electron chi connectivity index (χ3n) is 3.60. The van der Waals surface area contributed by atoms with Gasteiger partial charge in [0, 0.05) is 0 Å². The summed E-state index contributed by atoms with van der Waals surface area (Å²) in [4.78, 5) is 11.4. The van der Waals surface area contributed by atoms with Crippen molar-refractivity contribution in [1.82, 2.24) is 0 Å². The van der Waals surface area contributed by atoms with Crippen LogP contribution in [0.3, 0.4) is 0 Å². The Hall–Kier alpha value is -0.570. The second kappa shape index (κ2) is 10.4. The maximum absolute atomic E-state index is 11.4. The lowest BCUT2D eigenvalue weighted by Gasteiger charge is -2.24. The fourth-order valence-electron chi connectivity index (χ4n) is 2.24. The fourth-order valence-corrected chi connectivity index (χ4v) is 2.24. The predicted molar refractivity (Wildman–Crippen MR) is 76.3 cm³/mol. The molecule has 3 nitrogen and oxygen atoms in total. The van der Waals surface area contributed by atoms with Gasteiger partial charge in [0.25, 0.3) is 0 Å². The summed E-state index contributed by atoms with van der Waals surface area (Å²) in [5, 5.41) is 10.3. The maximum Gasteiger partial charge on any atom is 0.249 e. The van der Waals surface area contributed by atoms with E-state index in [2.05, 4.69) is 13.8 Å². The molecule has 0 aromatic heterocycles. The zero-order valence-corrected chi connectivity index (χ0v) is 12.2. The molecule has 108 valence electrons. The third-order valence-corrected chi connectivity index (χ3v) is 3.60. The molecule has 1 amide bonds. The van der Waals surface area contributed by atoms with Crippen molar-refractivity contribution in [2.24, 2.45) is 5.73 Å². The number of amides is 1. The molecule has 0 radical (unpaired) electrons. The summed E-state index contributed by atoms with van der Waals surface area (Å²) in [6.45, 7) is 4.32. The maximum atomic E-state index is 11.4. The smallest absolute Gasteiger partial charge is 0.249 e. The molecular weight excluding hydrogens is 226 g/mol. The summed E-state index contributed by atoms with van der Waals surface area (Å²) in [6.07, 6.45) is 10.9. The van der Waals surface area contributed by atoms with Crippen LogP contribution in [-0.2, 0) is 4.79 Å². The normalized spacial score (nSPS) is 14.4. The van der Waals surface area contributed by atoms with Gasteiger partial charge in [-0.25, -0.2) is 0 Å². The topological polar surface area (TPSA) is 63.3 Å². The first-order valence-electron chi connectivity index (χ1n) is 7.59. The number of hydrogen-bond donors (Lipinski definition) is 2. The van der Waals surface area contributed by atoms with Gasteiger partial charge in [-0.15, -0.1) is 0 Å². The van der Waals surface area contributed by atoms with Crippen LogP contribution in [0.5, 0.6) is 0 Å². The number of aliphatic hydroxyl groups is 1. The van der Waals surface area contributed by atoms with E-state index in [0.717, 1.165) is 38.5 Å². The summed E-state index contributed by atoms with van der Waals surface area (Å²) in [5.41, 5.74) is 4.07. The molecule has 0 fully saturated rings. The van der Waals surface area contributed by atoms with Gasteiger partial charge in [-0.05, 0) is 12.8 Å². The number of unbranched alkanes of at least 4 members (excludes halogenated alkanes) is 7. The molecular formula is C15H31NO2. The number of hydrogen-bond acceptors (Lipinski definition) is 2. The SMILES string of the molecule is CCCCCCC[C@](O)(CCCCCC)C(N)=O. The summed E-state index contributed by atoms with van der Waals surface area (Å²) in [6, 6.07) is 0. The van der Waals surface area contributed by atoms with E-state index >= 15 is 0 Å². The lowest BCUT2D eigenvalue weighted by molar-refractivity contribution is -0.138. The molecule has 0 rings (SSSR count). The van der Waals surface area contributed by atoms with Crippen molar-refractivity contribution in [2.75, 3.05) is 0 Å². The number of rotatable bonds is 12. The van der Waals surface area contributed by atoms with Gasteiger partial charge >= 0.3 is 0 Å². The molecule has 0 aromatic carbocycles. The van der Waals surface area contributed by atoms with Crippen LogP contribution in [0.2, 0.25) is 0 Å². The molecule has 0 spiro atoms. The number of nitrogens with two attached hydrogens (primary N) is 1. The van der Waals surface area contributed by atoms with Gasteiger partial charge in [0.15, 0.2) is 0 Å². The van der Waals surface area contributed by atoms with Crippen molar-refractivity contribution in [3.63, 3.8) is 0 Å². The fraction of sp³-hybridized carbons (Fsp3) is 0.933. The van der Waals surface area contributed by atoms with E-state index in [9.17, 15) is 9.90 Å². The van der Waals surface area contributed by atoms with Crippen molar-refractivity contribution < 1.29 is 9.90 Å². The Kier molecular flexibility index (Phi) is 10.0. The molecule has 0 heterocycles. The Morgan fingerprint density at radius 2 is 1.28 bits per heavy atom. The zero-order valence-electron chi connectivity index (χ0n) is 12.2. The molecule has 0 aromatic rings. The molecule has 3 heteroatoms. The van der Waals surface area contributed by atoms with Crippen LogP contribution in [0.1, 0.15) is 84.5 Å². The average molecular weight is 257 g/mol. The van der Waals surface area contributed by atoms with Crippen LogP contribution in [0.15, 0.2) is 0 Å². The summed E-state index contributed by atoms with van der Waals surface area (Å²) in [7, 11) is 0. The predicted octanol–water partition coefficient (Wildman–Crippen LogP) is 3.53. The first kappa shape index (κ1) is 17.4. The van der Waals surface area contributed by atoms with Crippen molar-refractivity contribution in [1.29, 1.82) is 0 Å². The van der Waals surface area contributed by atoms with E-state index in [0.29, 0.717) is 12.8 Å². The molecule has 18 heavy (non-hydrogen) atoms. The Labute approximate surface area is 112 Å². The first-order chi connectivity index (χ1) is 8.56. The minimum Gasteiger partial charge on any atom is -0.380 e. The molecule has 0 saturated heterocycles. The third kappa shape index (κ3) is 7.70. The van der Waals surface area contributed by atoms with Gasteiger partial charge in [0.1, 0.15) is 5.60 Å². The van der Waals surface area contributed by atoms with Crippen LogP contribution in [0.4, 0.5) is 0 Å². The highest BCUT2D eigenvalue weighted by molar-refractivity contribution is 5.83. The quantitative estimate of drug-likeness (QED) is 0.525. The van der Waals surface area contributed by atoms with E-state index in [-0.39, 0.29) is 0 Å². The van der Waals surface area contributed by atoms with Gasteiger partial charge < -0.3 is 10.8 Å². The highest BCUT2D eigenvalue weighted by atomic mass is 16.3. The number of carbonyl (C=O) groups is 1. The summed E-state index contributed by atoms with van der Waals surface area (Å²) >= 11 is 0. The van der Waals surface area contributed by atoms with Crippen molar-refractivity contribution in [3.8, 4) is 0 Å². The minimum absolute atomic E-state index is 0.524. The van der Waals surface area contributed by atoms with E-state index < -0.39 is 11.5 Å². The lowest BCUT2D eigenvalue weighted by atomic mass is 9.89. The van der Waals surface area contributed by atoms with Crippen LogP contribution in [0, 0.1) is 0 Å². The average Bonchev–Trinajstić information content (AvgIpc) is 2.34. The molecule has 3 N–H and O–H groups in total. The van der Waals surface area contributed by atoms with Crippen molar-refractivity contribution >= 4 is 5.91 Å². The van der Waals surface area contributed by atoms with Gasteiger partial charge in [-0.1, -0.05) is 71.6 Å². The second-order valence-electron chi connectivity index (χ2n) is 5.37. The van der Waals surface area contributed by atoms with Crippen molar-refractivity contribution in [2.45, 2.75) is 90.1 Å². The Bertz CT molecular complexity index is 219. The second-order valence-corrected chi connectivity index (χ2v) is 5.37. The van der Waals surface area contributed by atoms with E-state index in [1.54, 1.807) is 0 Å². The van der Waals surface area contributed by atoms with Crippen LogP contribution in [-0.4, -0.2) is 16.6 Å². The zero-order chi connectivity index (χ0) is 13.9. The number of carbonyl (C=O) groups excluding carboxylic acids is 1. The van der Waals surface area contributed by atoms with E-state index in [1.165, 1.54) is 19.3 Å². The van der Waals surface area contributed by atoms with Gasteiger partial charge in [0.2, 0.25) is 5.91 Å². The molecule has 0 aliphatic rings. The van der Waals surface area contributed by atoms with Gasteiger partial charge in [-0.2, -0.15) is 0 Å². The summed E-state index contributed by atoms with van der Waals surface area (Å²) in [5.74, 6) is -0.547. The standard InChI is InChI=1S/C15H31NO2/c1-3-5-7-9-11-13-15(18,14(16)17)12-10-8-6-4-2/h18H,3-13H2,1-2H3,(H2,16,17)/t15-/m1/s1. The van der Waals surface area contributed by atoms with Gasteiger partial charge in [-0.3, -0.25) is 4.79 Å². The Balaban J connectivity index is 3.90. The lowest BCUT2D eigenvalue weighted by Crippen LogP contribution is -2.43. The monoisotopic (exact) mass is 257 g/mol. The van der Waals surface area contributed by atoms with Crippen molar-refractivity contribution in [3.05, 3.63) is 0 Å². The minimum atomic E-state index is -1.26. The highest BCUT2D eigenvalue weighted by Crippen LogP contribution is 2.22. The largest absolute Gasteiger partial charge is 0.380 e. The van der Waals surface area contributed by atoms with Crippen LogP contribution < -0.4 is 5.73 Å². The first-order valence-corrected chi connectivity index (χ1v) is 7.59. The van der Waals surface area contributed by atoms with E-state index in [1.807, 2.05) is 0 Å². The molecule has 0 aliphatic carbocycles.